The van der Waals surface area contributed by atoms with E-state index in [0.717, 1.165) is 56.1 Å². The minimum absolute atomic E-state index is 0.866. The van der Waals surface area contributed by atoms with E-state index in [1.807, 2.05) is 0 Å². The lowest BCUT2D eigenvalue weighted by molar-refractivity contribution is 0.669. The smallest absolute Gasteiger partial charge is 0.137 e. The van der Waals surface area contributed by atoms with Crippen LogP contribution < -0.4 is 20.2 Å². The van der Waals surface area contributed by atoms with E-state index in [1.165, 1.54) is 31.9 Å². The van der Waals surface area contributed by atoms with E-state index in [2.05, 4.69) is 219 Å². The number of fused-ring (bicyclic) bond motifs is 5. The summed E-state index contributed by atoms with van der Waals surface area (Å²) in [6, 6.07) is 62.2. The Hall–Kier alpha value is -5.89. The minimum Gasteiger partial charge on any atom is -0.456 e. The molecule has 0 fully saturated rings. The first kappa shape index (κ1) is 34.9. The van der Waals surface area contributed by atoms with Crippen molar-refractivity contribution in [3.8, 4) is 0 Å². The van der Waals surface area contributed by atoms with Crippen LogP contribution in [0.1, 0.15) is 0 Å². The molecule has 8 aromatic carbocycles. The first-order valence-corrected chi connectivity index (χ1v) is 26.3. The van der Waals surface area contributed by atoms with Gasteiger partial charge in [-0.2, -0.15) is 0 Å². The fourth-order valence-electron chi connectivity index (χ4n) is 7.91. The van der Waals surface area contributed by atoms with Crippen molar-refractivity contribution >= 4 is 104 Å². The van der Waals surface area contributed by atoms with E-state index >= 15 is 0 Å². The molecule has 0 N–H and O–H groups in total. The molecule has 0 atom stereocenters. The highest BCUT2D eigenvalue weighted by Gasteiger charge is 2.22. The van der Waals surface area contributed by atoms with Crippen molar-refractivity contribution in [1.82, 2.24) is 0 Å². The standard InChI is InChI=1S/C50H46N2OSi2/c1-54(2,3)41-27-21-37(22-28-41)51(47-19-11-15-35-13-7-9-17-43(35)47)39-25-31-45-46-32-26-40(34-50(46)53-49(45)33-39)52(38-23-29-42(30-24-38)55(4,5)6)48-20-12-16-36-14-8-10-18-44(36)48/h7-34H,1-6H3. The zero-order chi connectivity index (χ0) is 37.9. The maximum absolute atomic E-state index is 6.84. The highest BCUT2D eigenvalue weighted by Crippen LogP contribution is 2.44. The molecule has 270 valence electrons. The van der Waals surface area contributed by atoms with Crippen molar-refractivity contribution in [3.05, 3.63) is 170 Å². The molecule has 0 aliphatic heterocycles. The van der Waals surface area contributed by atoms with Gasteiger partial charge in [0.2, 0.25) is 0 Å². The summed E-state index contributed by atoms with van der Waals surface area (Å²) in [6.07, 6.45) is 0. The molecule has 0 amide bonds. The normalized spacial score (nSPS) is 12.2. The van der Waals surface area contributed by atoms with E-state index in [4.69, 9.17) is 4.42 Å². The van der Waals surface area contributed by atoms with Crippen LogP contribution >= 0.6 is 0 Å². The molecule has 0 bridgehead atoms. The summed E-state index contributed by atoms with van der Waals surface area (Å²) in [5.74, 6) is 0. The molecule has 1 heterocycles. The summed E-state index contributed by atoms with van der Waals surface area (Å²) in [7, 11) is -2.93. The zero-order valence-electron chi connectivity index (χ0n) is 32.5. The molecular weight excluding hydrogens is 701 g/mol. The van der Waals surface area contributed by atoms with E-state index in [-0.39, 0.29) is 0 Å². The summed E-state index contributed by atoms with van der Waals surface area (Å²) < 4.78 is 6.84. The molecular formula is C50H46N2OSi2. The number of furan rings is 1. The lowest BCUT2D eigenvalue weighted by Crippen LogP contribution is -2.37. The highest BCUT2D eigenvalue weighted by atomic mass is 28.3. The number of benzene rings is 8. The van der Waals surface area contributed by atoms with Crippen molar-refractivity contribution in [2.45, 2.75) is 39.3 Å². The average Bonchev–Trinajstić information content (AvgIpc) is 3.55. The quantitative estimate of drug-likeness (QED) is 0.144. The zero-order valence-corrected chi connectivity index (χ0v) is 34.5. The molecule has 0 radical (unpaired) electrons. The second kappa shape index (κ2) is 13.4. The maximum atomic E-state index is 6.84. The Morgan fingerprint density at radius 1 is 0.345 bits per heavy atom. The van der Waals surface area contributed by atoms with Crippen LogP contribution in [0.5, 0.6) is 0 Å². The predicted octanol–water partition coefficient (Wildman–Crippen LogP) is 13.9. The number of nitrogens with zero attached hydrogens (tertiary/aromatic N) is 2. The van der Waals surface area contributed by atoms with Gasteiger partial charge in [-0.1, -0.05) is 147 Å². The van der Waals surface area contributed by atoms with Gasteiger partial charge in [0.05, 0.1) is 27.5 Å². The Morgan fingerprint density at radius 3 is 1.11 bits per heavy atom. The minimum atomic E-state index is -1.46. The van der Waals surface area contributed by atoms with Crippen molar-refractivity contribution in [1.29, 1.82) is 0 Å². The van der Waals surface area contributed by atoms with Crippen LogP contribution in [0, 0.1) is 0 Å². The van der Waals surface area contributed by atoms with Gasteiger partial charge < -0.3 is 14.2 Å². The number of anilines is 6. The molecule has 0 saturated carbocycles. The summed E-state index contributed by atoms with van der Waals surface area (Å²) in [4.78, 5) is 4.75. The van der Waals surface area contributed by atoms with E-state index in [9.17, 15) is 0 Å². The van der Waals surface area contributed by atoms with E-state index < -0.39 is 16.1 Å². The van der Waals surface area contributed by atoms with Crippen LogP contribution in [-0.2, 0) is 0 Å². The largest absolute Gasteiger partial charge is 0.456 e. The molecule has 0 aliphatic rings. The summed E-state index contributed by atoms with van der Waals surface area (Å²) in [6.45, 7) is 14.4. The van der Waals surface area contributed by atoms with Crippen LogP contribution in [0.15, 0.2) is 174 Å². The van der Waals surface area contributed by atoms with E-state index in [0.29, 0.717) is 0 Å². The second-order valence-electron chi connectivity index (χ2n) is 16.7. The second-order valence-corrected chi connectivity index (χ2v) is 26.9. The van der Waals surface area contributed by atoms with Crippen molar-refractivity contribution in [2.24, 2.45) is 0 Å². The summed E-state index contributed by atoms with van der Waals surface area (Å²) in [5.41, 5.74) is 8.39. The van der Waals surface area contributed by atoms with Gasteiger partial charge in [0.25, 0.3) is 0 Å². The van der Waals surface area contributed by atoms with Crippen LogP contribution in [0.25, 0.3) is 43.5 Å². The lowest BCUT2D eigenvalue weighted by Gasteiger charge is -2.27. The fraction of sp³-hybridized carbons (Fsp3) is 0.120. The molecule has 3 nitrogen and oxygen atoms in total. The Kier molecular flexibility index (Phi) is 8.52. The lowest BCUT2D eigenvalue weighted by atomic mass is 10.1. The average molecular weight is 747 g/mol. The first-order valence-electron chi connectivity index (χ1n) is 19.3. The van der Waals surface area contributed by atoms with Crippen LogP contribution in [0.3, 0.4) is 0 Å². The third-order valence-electron chi connectivity index (χ3n) is 11.0. The van der Waals surface area contributed by atoms with Crippen molar-refractivity contribution in [2.75, 3.05) is 9.80 Å². The molecule has 5 heteroatoms. The number of hydrogen-bond acceptors (Lipinski definition) is 3. The van der Waals surface area contributed by atoms with Crippen LogP contribution in [0.4, 0.5) is 34.1 Å². The van der Waals surface area contributed by atoms with Gasteiger partial charge in [0.1, 0.15) is 11.2 Å². The Labute approximate surface area is 326 Å². The fourth-order valence-corrected chi connectivity index (χ4v) is 10.2. The Bertz CT molecular complexity index is 2640. The first-order chi connectivity index (χ1) is 26.5. The van der Waals surface area contributed by atoms with Gasteiger partial charge in [-0.15, -0.1) is 0 Å². The molecule has 0 spiro atoms. The van der Waals surface area contributed by atoms with Gasteiger partial charge >= 0.3 is 0 Å². The molecule has 0 aliphatic carbocycles. The molecule has 9 rings (SSSR count). The molecule has 0 saturated heterocycles. The molecule has 55 heavy (non-hydrogen) atoms. The Morgan fingerprint density at radius 2 is 0.709 bits per heavy atom. The van der Waals surface area contributed by atoms with Gasteiger partial charge in [-0.25, -0.2) is 0 Å². The predicted molar refractivity (Wildman–Crippen MR) is 244 cm³/mol. The Balaban J connectivity index is 1.19. The number of hydrogen-bond donors (Lipinski definition) is 0. The van der Waals surface area contributed by atoms with Gasteiger partial charge in [0.15, 0.2) is 0 Å². The summed E-state index contributed by atoms with van der Waals surface area (Å²) in [5, 5.41) is 9.95. The monoisotopic (exact) mass is 746 g/mol. The molecule has 0 unspecified atom stereocenters. The third kappa shape index (κ3) is 6.43. The maximum Gasteiger partial charge on any atom is 0.137 e. The summed E-state index contributed by atoms with van der Waals surface area (Å²) >= 11 is 0. The topological polar surface area (TPSA) is 19.6 Å². The van der Waals surface area contributed by atoms with Gasteiger partial charge in [0, 0.05) is 56.4 Å². The third-order valence-corrected chi connectivity index (χ3v) is 15.1. The van der Waals surface area contributed by atoms with Gasteiger partial charge in [-0.3, -0.25) is 0 Å². The number of rotatable bonds is 8. The van der Waals surface area contributed by atoms with Gasteiger partial charge in [-0.05, 0) is 71.4 Å². The SMILES string of the molecule is C[Si](C)(C)c1ccc(N(c2ccc3c(c2)oc2cc(N(c4ccc([Si](C)(C)C)cc4)c4cccc5ccccc45)ccc23)c2cccc3ccccc23)cc1. The van der Waals surface area contributed by atoms with Crippen molar-refractivity contribution < 1.29 is 4.42 Å². The van der Waals surface area contributed by atoms with E-state index in [1.54, 1.807) is 0 Å². The molecule has 9 aromatic rings. The molecule has 1 aromatic heterocycles. The van der Waals surface area contributed by atoms with Crippen molar-refractivity contribution in [3.63, 3.8) is 0 Å². The van der Waals surface area contributed by atoms with Crippen LogP contribution in [-0.4, -0.2) is 16.1 Å². The van der Waals surface area contributed by atoms with Crippen LogP contribution in [0.2, 0.25) is 39.3 Å². The highest BCUT2D eigenvalue weighted by molar-refractivity contribution is 6.89.